The molecule has 0 saturated carbocycles. The summed E-state index contributed by atoms with van der Waals surface area (Å²) < 4.78 is 33.7. The summed E-state index contributed by atoms with van der Waals surface area (Å²) in [6, 6.07) is 5.29. The van der Waals surface area contributed by atoms with Gasteiger partial charge in [-0.1, -0.05) is 6.92 Å². The Labute approximate surface area is 144 Å². The van der Waals surface area contributed by atoms with Crippen molar-refractivity contribution < 1.29 is 12.8 Å². The van der Waals surface area contributed by atoms with E-state index in [4.69, 9.17) is 4.42 Å². The molecule has 5 nitrogen and oxygen atoms in total. The Kier molecular flexibility index (Phi) is 6.04. The third kappa shape index (κ3) is 4.64. The first-order valence-electron chi connectivity index (χ1n) is 6.15. The summed E-state index contributed by atoms with van der Waals surface area (Å²) in [4.78, 5) is 1.05. The molecule has 2 aromatic rings. The normalized spacial score (nSPS) is 12.0. The second-order valence-electron chi connectivity index (χ2n) is 4.16. The third-order valence-corrected chi connectivity index (χ3v) is 6.49. The molecule has 0 atom stereocenters. The van der Waals surface area contributed by atoms with E-state index in [-0.39, 0.29) is 16.1 Å². The fourth-order valence-corrected chi connectivity index (χ4v) is 5.12. The maximum atomic E-state index is 12.3. The Hall–Kier alpha value is -0.190. The molecule has 0 bridgehead atoms. The quantitative estimate of drug-likeness (QED) is 0.667. The van der Waals surface area contributed by atoms with Gasteiger partial charge in [0.05, 0.1) is 10.3 Å². The van der Waals surface area contributed by atoms with Crippen LogP contribution >= 0.6 is 43.2 Å². The van der Waals surface area contributed by atoms with E-state index in [0.29, 0.717) is 12.3 Å². The van der Waals surface area contributed by atoms with Crippen LogP contribution in [0.1, 0.15) is 17.6 Å². The zero-order valence-corrected chi connectivity index (χ0v) is 16.0. The van der Waals surface area contributed by atoms with Gasteiger partial charge in [0.1, 0.15) is 10.7 Å². The van der Waals surface area contributed by atoms with Gasteiger partial charge in [-0.05, 0) is 50.5 Å². The Bertz CT molecular complexity index is 710. The van der Waals surface area contributed by atoms with Crippen LogP contribution < -0.4 is 10.0 Å². The fraction of sp³-hybridized carbons (Fsp3) is 0.333. The molecule has 0 aliphatic rings. The van der Waals surface area contributed by atoms with Crippen LogP contribution in [-0.4, -0.2) is 15.0 Å². The molecule has 0 unspecified atom stereocenters. The van der Waals surface area contributed by atoms with Crippen molar-refractivity contribution >= 4 is 53.2 Å². The lowest BCUT2D eigenvalue weighted by molar-refractivity contribution is 0.464. The smallest absolute Gasteiger partial charge is 0.245 e. The van der Waals surface area contributed by atoms with Crippen molar-refractivity contribution in [3.8, 4) is 0 Å². The molecule has 0 aromatic carbocycles. The van der Waals surface area contributed by atoms with E-state index >= 15 is 0 Å². The molecule has 2 aromatic heterocycles. The van der Waals surface area contributed by atoms with Crippen LogP contribution in [0.5, 0.6) is 0 Å². The molecule has 2 rings (SSSR count). The fourth-order valence-electron chi connectivity index (χ4n) is 1.61. The standard InChI is InChI=1S/C12H14Br2N2O3S2/c1-2-15-6-8-5-10(12(14)19-8)21(17,18)16-7-9-3-4-11(13)20-9/h3-5,15-16H,2,6-7H2,1H3. The largest absolute Gasteiger partial charge is 0.452 e. The highest BCUT2D eigenvalue weighted by Crippen LogP contribution is 2.27. The molecule has 2 heterocycles. The lowest BCUT2D eigenvalue weighted by Crippen LogP contribution is -2.22. The molecule has 0 saturated heterocycles. The van der Waals surface area contributed by atoms with Crippen molar-refractivity contribution in [2.45, 2.75) is 24.9 Å². The van der Waals surface area contributed by atoms with Crippen LogP contribution in [0.15, 0.2) is 36.0 Å². The van der Waals surface area contributed by atoms with Gasteiger partial charge in [0, 0.05) is 17.5 Å². The number of hydrogen-bond acceptors (Lipinski definition) is 5. The molecule has 0 aliphatic heterocycles. The minimum atomic E-state index is -3.61. The number of hydrogen-bond donors (Lipinski definition) is 2. The highest BCUT2D eigenvalue weighted by molar-refractivity contribution is 9.11. The van der Waals surface area contributed by atoms with Gasteiger partial charge < -0.3 is 9.73 Å². The highest BCUT2D eigenvalue weighted by atomic mass is 79.9. The number of rotatable bonds is 7. The Morgan fingerprint density at radius 3 is 2.67 bits per heavy atom. The van der Waals surface area contributed by atoms with Crippen molar-refractivity contribution in [3.05, 3.63) is 37.3 Å². The van der Waals surface area contributed by atoms with Gasteiger partial charge in [0.15, 0.2) is 4.67 Å². The average Bonchev–Trinajstić information content (AvgIpc) is 3.00. The van der Waals surface area contributed by atoms with Crippen molar-refractivity contribution in [2.75, 3.05) is 6.54 Å². The van der Waals surface area contributed by atoms with Crippen LogP contribution in [0.2, 0.25) is 0 Å². The summed E-state index contributed by atoms with van der Waals surface area (Å²) in [7, 11) is -3.61. The number of furan rings is 1. The molecule has 21 heavy (non-hydrogen) atoms. The van der Waals surface area contributed by atoms with Gasteiger partial charge in [-0.2, -0.15) is 0 Å². The van der Waals surface area contributed by atoms with Crippen LogP contribution in [0.25, 0.3) is 0 Å². The first-order chi connectivity index (χ1) is 9.92. The first kappa shape index (κ1) is 17.2. The van der Waals surface area contributed by atoms with Crippen molar-refractivity contribution in [3.63, 3.8) is 0 Å². The molecule has 0 fully saturated rings. The summed E-state index contributed by atoms with van der Waals surface area (Å²) in [6.07, 6.45) is 0. The SMILES string of the molecule is CCNCc1cc(S(=O)(=O)NCc2ccc(Br)s2)c(Br)o1. The van der Waals surface area contributed by atoms with Gasteiger partial charge in [-0.3, -0.25) is 0 Å². The van der Waals surface area contributed by atoms with E-state index < -0.39 is 10.0 Å². The van der Waals surface area contributed by atoms with Crippen molar-refractivity contribution in [1.82, 2.24) is 10.0 Å². The van der Waals surface area contributed by atoms with Crippen LogP contribution in [-0.2, 0) is 23.1 Å². The van der Waals surface area contributed by atoms with Crippen molar-refractivity contribution in [1.29, 1.82) is 0 Å². The average molecular weight is 458 g/mol. The van der Waals surface area contributed by atoms with Crippen LogP contribution in [0.4, 0.5) is 0 Å². The van der Waals surface area contributed by atoms with E-state index in [1.807, 2.05) is 19.1 Å². The zero-order valence-electron chi connectivity index (χ0n) is 11.2. The molecule has 0 spiro atoms. The van der Waals surface area contributed by atoms with Gasteiger partial charge >= 0.3 is 0 Å². The van der Waals surface area contributed by atoms with E-state index in [0.717, 1.165) is 15.2 Å². The van der Waals surface area contributed by atoms with Crippen molar-refractivity contribution in [2.24, 2.45) is 0 Å². The van der Waals surface area contributed by atoms with Crippen LogP contribution in [0, 0.1) is 0 Å². The molecule has 0 aliphatic carbocycles. The first-order valence-corrected chi connectivity index (χ1v) is 10.0. The maximum absolute atomic E-state index is 12.3. The van der Waals surface area contributed by atoms with Gasteiger partial charge in [0.2, 0.25) is 10.0 Å². The summed E-state index contributed by atoms with van der Waals surface area (Å²) in [5.74, 6) is 0.572. The molecule has 0 radical (unpaired) electrons. The van der Waals surface area contributed by atoms with E-state index in [9.17, 15) is 8.42 Å². The highest BCUT2D eigenvalue weighted by Gasteiger charge is 2.22. The van der Waals surface area contributed by atoms with E-state index in [1.54, 1.807) is 0 Å². The van der Waals surface area contributed by atoms with E-state index in [1.165, 1.54) is 17.4 Å². The predicted molar refractivity (Wildman–Crippen MR) is 89.8 cm³/mol. The molecule has 0 amide bonds. The molecular formula is C12H14Br2N2O3S2. The predicted octanol–water partition coefficient (Wildman–Crippen LogP) is 3.45. The molecular weight excluding hydrogens is 444 g/mol. The summed E-state index contributed by atoms with van der Waals surface area (Å²) in [6.45, 7) is 3.49. The zero-order chi connectivity index (χ0) is 15.5. The lowest BCUT2D eigenvalue weighted by atomic mass is 10.4. The van der Waals surface area contributed by atoms with E-state index in [2.05, 4.69) is 41.9 Å². The second kappa shape index (κ2) is 7.38. The van der Waals surface area contributed by atoms with Gasteiger partial charge in [0.25, 0.3) is 0 Å². The number of halogens is 2. The topological polar surface area (TPSA) is 71.3 Å². The van der Waals surface area contributed by atoms with Crippen LogP contribution in [0.3, 0.4) is 0 Å². The number of nitrogens with one attached hydrogen (secondary N) is 2. The number of sulfonamides is 1. The lowest BCUT2D eigenvalue weighted by Gasteiger charge is -2.03. The Morgan fingerprint density at radius 2 is 2.05 bits per heavy atom. The summed E-state index contributed by atoms with van der Waals surface area (Å²) in [5.41, 5.74) is 0. The Balaban J connectivity index is 2.09. The third-order valence-electron chi connectivity index (χ3n) is 2.61. The maximum Gasteiger partial charge on any atom is 0.245 e. The summed E-state index contributed by atoms with van der Waals surface area (Å²) >= 11 is 7.99. The molecule has 116 valence electrons. The minimum absolute atomic E-state index is 0.117. The van der Waals surface area contributed by atoms with Gasteiger partial charge in [-0.25, -0.2) is 13.1 Å². The molecule has 2 N–H and O–H groups in total. The minimum Gasteiger partial charge on any atom is -0.452 e. The number of thiophene rings is 1. The monoisotopic (exact) mass is 456 g/mol. The van der Waals surface area contributed by atoms with Gasteiger partial charge in [-0.15, -0.1) is 11.3 Å². The second-order valence-corrected chi connectivity index (χ2v) is 9.16. The molecule has 9 heteroatoms. The Morgan fingerprint density at radius 1 is 1.29 bits per heavy atom. The summed E-state index contributed by atoms with van der Waals surface area (Å²) in [5, 5.41) is 3.08.